The van der Waals surface area contributed by atoms with Crippen LogP contribution in [0.25, 0.3) is 0 Å². The number of hydrogen-bond donors (Lipinski definition) is 0. The molecule has 0 heterocycles. The molecule has 0 amide bonds. The van der Waals surface area contributed by atoms with Gasteiger partial charge in [-0.25, -0.2) is 0 Å². The average molecular weight is 141 g/mol. The first-order valence-corrected chi connectivity index (χ1v) is 4.35. The molecule has 1 N–H and O–H groups in total. The monoisotopic (exact) mass is 141 g/mol. The predicted octanol–water partition coefficient (Wildman–Crippen LogP) is 2.83. The molecule has 0 atom stereocenters. The predicted molar refractivity (Wildman–Crippen MR) is 45.6 cm³/mol. The van der Waals surface area contributed by atoms with Crippen LogP contribution in [0.2, 0.25) is 0 Å². The minimum atomic E-state index is 0.606. The molecule has 0 spiro atoms. The molecule has 0 aliphatic carbocycles. The van der Waals surface area contributed by atoms with Gasteiger partial charge >= 0.3 is 0 Å². The van der Waals surface area contributed by atoms with Crippen LogP contribution in [0.15, 0.2) is 0 Å². The highest BCUT2D eigenvalue weighted by molar-refractivity contribution is 4.46. The van der Waals surface area contributed by atoms with E-state index in [0.29, 0.717) is 6.54 Å². The average Bonchev–Trinajstić information content (AvgIpc) is 1.97. The molecule has 60 valence electrons. The van der Waals surface area contributed by atoms with Crippen LogP contribution in [0.4, 0.5) is 0 Å². The molecule has 0 unspecified atom stereocenters. The number of nitrogens with one attached hydrogen (secondary N) is 1. The lowest BCUT2D eigenvalue weighted by Crippen LogP contribution is -1.85. The molecule has 0 bridgehead atoms. The van der Waals surface area contributed by atoms with Gasteiger partial charge in [0.05, 0.1) is 0 Å². The minimum absolute atomic E-state index is 0.606. The van der Waals surface area contributed by atoms with Crippen LogP contribution in [0.3, 0.4) is 0 Å². The summed E-state index contributed by atoms with van der Waals surface area (Å²) in [6.07, 6.45) is 8.69. The normalized spacial score (nSPS) is 10.2. The minimum Gasteiger partial charge on any atom is -0.258 e. The number of hydrogen-bond acceptors (Lipinski definition) is 0. The van der Waals surface area contributed by atoms with E-state index < -0.39 is 0 Å². The van der Waals surface area contributed by atoms with Gasteiger partial charge in [-0.15, -0.1) is 0 Å². The van der Waals surface area contributed by atoms with E-state index in [1.54, 1.807) is 0 Å². The first-order chi connectivity index (χ1) is 4.91. The van der Waals surface area contributed by atoms with Crippen molar-refractivity contribution in [2.75, 3.05) is 6.54 Å². The molecule has 0 fully saturated rings. The van der Waals surface area contributed by atoms with E-state index in [0.717, 1.165) is 12.8 Å². The van der Waals surface area contributed by atoms with Crippen molar-refractivity contribution in [3.63, 3.8) is 0 Å². The van der Waals surface area contributed by atoms with Gasteiger partial charge in [-0.2, -0.15) is 0 Å². The van der Waals surface area contributed by atoms with Crippen molar-refractivity contribution >= 4 is 0 Å². The molecule has 0 aromatic carbocycles. The van der Waals surface area contributed by atoms with Gasteiger partial charge in [0, 0.05) is 6.54 Å². The lowest BCUT2D eigenvalue weighted by Gasteiger charge is -1.97. The van der Waals surface area contributed by atoms with Crippen LogP contribution in [0, 0.1) is 6.92 Å². The van der Waals surface area contributed by atoms with Crippen LogP contribution >= 0.6 is 0 Å². The molecule has 0 aromatic rings. The summed E-state index contributed by atoms with van der Waals surface area (Å²) in [6, 6.07) is 0. The van der Waals surface area contributed by atoms with Crippen molar-refractivity contribution in [1.29, 1.82) is 0 Å². The largest absolute Gasteiger partial charge is 0.258 e. The highest BCUT2D eigenvalue weighted by Gasteiger charge is 1.87. The van der Waals surface area contributed by atoms with Gasteiger partial charge in [-0.05, 0) is 6.42 Å². The lowest BCUT2D eigenvalue weighted by atomic mass is 10.1. The van der Waals surface area contributed by atoms with Gasteiger partial charge in [0.1, 0.15) is 0 Å². The highest BCUT2D eigenvalue weighted by Crippen LogP contribution is 2.05. The molecular formula is C9H19N. The third-order valence-electron chi connectivity index (χ3n) is 1.68. The Kier molecular flexibility index (Phi) is 8.92. The smallest absolute Gasteiger partial charge is 0.00997 e. The van der Waals surface area contributed by atoms with Gasteiger partial charge in [-0.1, -0.05) is 45.4 Å². The second-order valence-electron chi connectivity index (χ2n) is 2.72. The molecule has 0 saturated carbocycles. The van der Waals surface area contributed by atoms with Gasteiger partial charge in [0.2, 0.25) is 0 Å². The van der Waals surface area contributed by atoms with E-state index in [1.807, 2.05) is 0 Å². The second kappa shape index (κ2) is 8.96. The molecule has 0 saturated heterocycles. The standard InChI is InChI=1S/C9H19N/c1-2-3-4-5-6-7-8-9-10/h10H,1-9H2. The van der Waals surface area contributed by atoms with E-state index in [4.69, 9.17) is 5.73 Å². The van der Waals surface area contributed by atoms with Crippen molar-refractivity contribution in [2.24, 2.45) is 0 Å². The Morgan fingerprint density at radius 3 is 1.80 bits per heavy atom. The summed E-state index contributed by atoms with van der Waals surface area (Å²) >= 11 is 0. The zero-order valence-electron chi connectivity index (χ0n) is 6.86. The zero-order chi connectivity index (χ0) is 7.66. The Balaban J connectivity index is 2.65. The molecule has 0 rings (SSSR count). The first kappa shape index (κ1) is 9.96. The number of rotatable bonds is 7. The quantitative estimate of drug-likeness (QED) is 0.487. The Morgan fingerprint density at radius 2 is 1.30 bits per heavy atom. The van der Waals surface area contributed by atoms with Crippen LogP contribution in [0.1, 0.15) is 44.9 Å². The Hall–Kier alpha value is -0.0400. The molecule has 1 heteroatoms. The Morgan fingerprint density at radius 1 is 0.800 bits per heavy atom. The first-order valence-electron chi connectivity index (χ1n) is 4.35. The molecule has 10 heavy (non-hydrogen) atoms. The van der Waals surface area contributed by atoms with Gasteiger partial charge in [0.15, 0.2) is 0 Å². The van der Waals surface area contributed by atoms with E-state index in [9.17, 15) is 0 Å². The topological polar surface area (TPSA) is 23.8 Å². The van der Waals surface area contributed by atoms with Crippen molar-refractivity contribution in [3.05, 3.63) is 6.92 Å². The van der Waals surface area contributed by atoms with Crippen molar-refractivity contribution in [1.82, 2.24) is 5.73 Å². The molecular weight excluding hydrogens is 122 g/mol. The van der Waals surface area contributed by atoms with Gasteiger partial charge < -0.3 is 0 Å². The van der Waals surface area contributed by atoms with Crippen LogP contribution < -0.4 is 5.73 Å². The van der Waals surface area contributed by atoms with Crippen LogP contribution in [-0.4, -0.2) is 6.54 Å². The SMILES string of the molecule is [CH2]CCCCCCCC[NH]. The molecule has 0 aliphatic rings. The lowest BCUT2D eigenvalue weighted by molar-refractivity contribution is 0.598. The fourth-order valence-corrected chi connectivity index (χ4v) is 1.01. The molecule has 2 radical (unpaired) electrons. The zero-order valence-corrected chi connectivity index (χ0v) is 6.86. The summed E-state index contributed by atoms with van der Waals surface area (Å²) in [5.74, 6) is 0. The Bertz CT molecular complexity index is 44.7. The summed E-state index contributed by atoms with van der Waals surface area (Å²) in [7, 11) is 0. The van der Waals surface area contributed by atoms with Gasteiger partial charge in [-0.3, -0.25) is 5.73 Å². The third kappa shape index (κ3) is 7.96. The fourth-order valence-electron chi connectivity index (χ4n) is 1.01. The molecule has 0 aromatic heterocycles. The van der Waals surface area contributed by atoms with Crippen molar-refractivity contribution in [3.8, 4) is 0 Å². The fraction of sp³-hybridized carbons (Fsp3) is 0.889. The van der Waals surface area contributed by atoms with Gasteiger partial charge in [0.25, 0.3) is 0 Å². The van der Waals surface area contributed by atoms with Crippen molar-refractivity contribution in [2.45, 2.75) is 44.9 Å². The summed E-state index contributed by atoms with van der Waals surface area (Å²) < 4.78 is 0. The summed E-state index contributed by atoms with van der Waals surface area (Å²) in [5, 5.41) is 0. The number of unbranched alkanes of at least 4 members (excludes halogenated alkanes) is 6. The second-order valence-corrected chi connectivity index (χ2v) is 2.72. The van der Waals surface area contributed by atoms with Crippen molar-refractivity contribution < 1.29 is 0 Å². The van der Waals surface area contributed by atoms with Crippen LogP contribution in [0.5, 0.6) is 0 Å². The Labute approximate surface area is 65.0 Å². The summed E-state index contributed by atoms with van der Waals surface area (Å²) in [5.41, 5.74) is 6.91. The summed E-state index contributed by atoms with van der Waals surface area (Å²) in [6.45, 7) is 4.40. The van der Waals surface area contributed by atoms with E-state index in [-0.39, 0.29) is 0 Å². The van der Waals surface area contributed by atoms with Crippen LogP contribution in [-0.2, 0) is 0 Å². The summed E-state index contributed by atoms with van der Waals surface area (Å²) in [4.78, 5) is 0. The maximum Gasteiger partial charge on any atom is 0.00997 e. The maximum atomic E-state index is 6.91. The third-order valence-corrected chi connectivity index (χ3v) is 1.68. The molecule has 1 nitrogen and oxygen atoms in total. The van der Waals surface area contributed by atoms with E-state index in [2.05, 4.69) is 6.92 Å². The van der Waals surface area contributed by atoms with E-state index >= 15 is 0 Å². The molecule has 0 aliphatic heterocycles. The maximum absolute atomic E-state index is 6.91. The highest BCUT2D eigenvalue weighted by atomic mass is 14.5. The van der Waals surface area contributed by atoms with E-state index in [1.165, 1.54) is 32.1 Å².